The van der Waals surface area contributed by atoms with Crippen molar-refractivity contribution >= 4 is 33.3 Å². The first-order valence-corrected chi connectivity index (χ1v) is 8.15. The minimum absolute atomic E-state index is 0.00512. The van der Waals surface area contributed by atoms with E-state index in [0.717, 1.165) is 10.9 Å². The van der Waals surface area contributed by atoms with Crippen molar-refractivity contribution in [1.29, 1.82) is 0 Å². The summed E-state index contributed by atoms with van der Waals surface area (Å²) in [7, 11) is 0. The second-order valence-corrected chi connectivity index (χ2v) is 5.94. The van der Waals surface area contributed by atoms with Crippen LogP contribution in [-0.4, -0.2) is 18.3 Å². The summed E-state index contributed by atoms with van der Waals surface area (Å²) in [5.74, 6) is 0.493. The van der Waals surface area contributed by atoms with Gasteiger partial charge in [0.05, 0.1) is 11.1 Å². The minimum Gasteiger partial charge on any atom is -0.492 e. The SMILES string of the molecule is CCCOc1ccc(C(=O)Nc2ccc(C(C)=O)cc2)cc1Br. The first-order valence-electron chi connectivity index (χ1n) is 7.36. The number of rotatable bonds is 6. The molecule has 2 rings (SSSR count). The molecule has 0 spiro atoms. The third kappa shape index (κ3) is 4.66. The molecule has 2 aromatic carbocycles. The highest BCUT2D eigenvalue weighted by Crippen LogP contribution is 2.26. The second kappa shape index (κ2) is 7.92. The van der Waals surface area contributed by atoms with Crippen LogP contribution in [0, 0.1) is 0 Å². The molecule has 0 saturated carbocycles. The lowest BCUT2D eigenvalue weighted by atomic mass is 10.1. The lowest BCUT2D eigenvalue weighted by molar-refractivity contribution is 0.101. The largest absolute Gasteiger partial charge is 0.492 e. The van der Waals surface area contributed by atoms with E-state index >= 15 is 0 Å². The molecule has 5 heteroatoms. The number of Topliss-reactive ketones (excluding diaryl/α,β-unsaturated/α-hetero) is 1. The third-order valence-corrected chi connectivity index (χ3v) is 3.82. The molecule has 0 radical (unpaired) electrons. The summed E-state index contributed by atoms with van der Waals surface area (Å²) < 4.78 is 6.31. The van der Waals surface area contributed by atoms with Gasteiger partial charge in [0.2, 0.25) is 0 Å². The molecule has 0 saturated heterocycles. The standard InChI is InChI=1S/C18H18BrNO3/c1-3-10-23-17-9-6-14(11-16(17)19)18(22)20-15-7-4-13(5-8-15)12(2)21/h4-9,11H,3,10H2,1-2H3,(H,20,22). The molecule has 0 unspecified atom stereocenters. The van der Waals surface area contributed by atoms with Gasteiger partial charge in [0.25, 0.3) is 5.91 Å². The van der Waals surface area contributed by atoms with Gasteiger partial charge in [-0.25, -0.2) is 0 Å². The number of benzene rings is 2. The Kier molecular flexibility index (Phi) is 5.93. The number of carbonyl (C=O) groups is 2. The maximum atomic E-state index is 12.3. The number of anilines is 1. The summed E-state index contributed by atoms with van der Waals surface area (Å²) in [6, 6.07) is 12.0. The van der Waals surface area contributed by atoms with Gasteiger partial charge in [-0.2, -0.15) is 0 Å². The van der Waals surface area contributed by atoms with Crippen LogP contribution < -0.4 is 10.1 Å². The van der Waals surface area contributed by atoms with Crippen LogP contribution in [0.15, 0.2) is 46.9 Å². The molecule has 0 aliphatic rings. The highest BCUT2D eigenvalue weighted by molar-refractivity contribution is 9.10. The average Bonchev–Trinajstić information content (AvgIpc) is 2.54. The molecule has 0 aliphatic carbocycles. The molecular formula is C18H18BrNO3. The third-order valence-electron chi connectivity index (χ3n) is 3.21. The fraction of sp³-hybridized carbons (Fsp3) is 0.222. The van der Waals surface area contributed by atoms with Crippen molar-refractivity contribution in [3.8, 4) is 5.75 Å². The summed E-state index contributed by atoms with van der Waals surface area (Å²) in [6.07, 6.45) is 0.922. The second-order valence-electron chi connectivity index (χ2n) is 5.08. The van der Waals surface area contributed by atoms with Crippen LogP contribution in [0.4, 0.5) is 5.69 Å². The Labute approximate surface area is 144 Å². The van der Waals surface area contributed by atoms with Crippen molar-refractivity contribution in [2.24, 2.45) is 0 Å². The molecule has 0 fully saturated rings. The van der Waals surface area contributed by atoms with Gasteiger partial charge in [0.1, 0.15) is 5.75 Å². The molecule has 0 aromatic heterocycles. The summed E-state index contributed by atoms with van der Waals surface area (Å²) in [4.78, 5) is 23.5. The number of amides is 1. The molecule has 4 nitrogen and oxygen atoms in total. The van der Waals surface area contributed by atoms with Gasteiger partial charge in [-0.1, -0.05) is 6.92 Å². The number of hydrogen-bond acceptors (Lipinski definition) is 3. The van der Waals surface area contributed by atoms with Crippen LogP contribution in [-0.2, 0) is 0 Å². The molecule has 0 heterocycles. The van der Waals surface area contributed by atoms with Gasteiger partial charge in [0.15, 0.2) is 5.78 Å². The number of ketones is 1. The van der Waals surface area contributed by atoms with Gasteiger partial charge < -0.3 is 10.1 Å². The summed E-state index contributed by atoms with van der Waals surface area (Å²) in [5, 5.41) is 2.80. The summed E-state index contributed by atoms with van der Waals surface area (Å²) in [5.41, 5.74) is 1.78. The number of ether oxygens (including phenoxy) is 1. The fourth-order valence-corrected chi connectivity index (χ4v) is 2.46. The number of nitrogens with one attached hydrogen (secondary N) is 1. The van der Waals surface area contributed by atoms with Gasteiger partial charge in [-0.15, -0.1) is 0 Å². The van der Waals surface area contributed by atoms with Crippen LogP contribution in [0.3, 0.4) is 0 Å². The number of carbonyl (C=O) groups excluding carboxylic acids is 2. The zero-order chi connectivity index (χ0) is 16.8. The van der Waals surface area contributed by atoms with Gasteiger partial charge in [-0.05, 0) is 71.7 Å². The monoisotopic (exact) mass is 375 g/mol. The molecule has 0 bridgehead atoms. The van der Waals surface area contributed by atoms with Gasteiger partial charge in [-0.3, -0.25) is 9.59 Å². The van der Waals surface area contributed by atoms with E-state index in [1.807, 2.05) is 6.92 Å². The molecule has 1 amide bonds. The highest BCUT2D eigenvalue weighted by Gasteiger charge is 2.10. The van der Waals surface area contributed by atoms with Crippen LogP contribution in [0.5, 0.6) is 5.75 Å². The molecule has 2 aromatic rings. The topological polar surface area (TPSA) is 55.4 Å². The first-order chi connectivity index (χ1) is 11.0. The molecule has 0 atom stereocenters. The Morgan fingerprint density at radius 2 is 1.74 bits per heavy atom. The van der Waals surface area contributed by atoms with Gasteiger partial charge >= 0.3 is 0 Å². The van der Waals surface area contributed by atoms with E-state index in [-0.39, 0.29) is 11.7 Å². The number of halogens is 1. The van der Waals surface area contributed by atoms with Crippen molar-refractivity contribution in [3.63, 3.8) is 0 Å². The Morgan fingerprint density at radius 1 is 1.09 bits per heavy atom. The lowest BCUT2D eigenvalue weighted by Gasteiger charge is -2.10. The molecular weight excluding hydrogens is 358 g/mol. The Bertz CT molecular complexity index is 711. The first kappa shape index (κ1) is 17.2. The van der Waals surface area contributed by atoms with Crippen LogP contribution >= 0.6 is 15.9 Å². The van der Waals surface area contributed by atoms with E-state index in [9.17, 15) is 9.59 Å². The Hall–Kier alpha value is -2.14. The van der Waals surface area contributed by atoms with Crippen molar-refractivity contribution in [2.45, 2.75) is 20.3 Å². The van der Waals surface area contributed by atoms with Crippen LogP contribution in [0.2, 0.25) is 0 Å². The van der Waals surface area contributed by atoms with E-state index in [0.29, 0.717) is 29.2 Å². The quantitative estimate of drug-likeness (QED) is 0.744. The zero-order valence-corrected chi connectivity index (χ0v) is 14.6. The van der Waals surface area contributed by atoms with Crippen molar-refractivity contribution in [1.82, 2.24) is 0 Å². The minimum atomic E-state index is -0.219. The van der Waals surface area contributed by atoms with Gasteiger partial charge in [0, 0.05) is 16.8 Å². The van der Waals surface area contributed by atoms with Crippen molar-refractivity contribution in [3.05, 3.63) is 58.1 Å². The molecule has 23 heavy (non-hydrogen) atoms. The van der Waals surface area contributed by atoms with E-state index in [4.69, 9.17) is 4.74 Å². The Balaban J connectivity index is 2.08. The normalized spacial score (nSPS) is 10.2. The molecule has 0 aliphatic heterocycles. The van der Waals surface area contributed by atoms with Crippen molar-refractivity contribution < 1.29 is 14.3 Å². The zero-order valence-electron chi connectivity index (χ0n) is 13.1. The predicted molar refractivity (Wildman–Crippen MR) is 94.3 cm³/mol. The maximum Gasteiger partial charge on any atom is 0.255 e. The number of hydrogen-bond donors (Lipinski definition) is 1. The van der Waals surface area contributed by atoms with Crippen LogP contribution in [0.25, 0.3) is 0 Å². The summed E-state index contributed by atoms with van der Waals surface area (Å²) >= 11 is 3.41. The Morgan fingerprint density at radius 3 is 2.30 bits per heavy atom. The fourth-order valence-electron chi connectivity index (χ4n) is 1.96. The average molecular weight is 376 g/mol. The smallest absolute Gasteiger partial charge is 0.255 e. The van der Waals surface area contributed by atoms with Crippen molar-refractivity contribution in [2.75, 3.05) is 11.9 Å². The molecule has 120 valence electrons. The highest BCUT2D eigenvalue weighted by atomic mass is 79.9. The predicted octanol–water partition coefficient (Wildman–Crippen LogP) is 4.69. The van der Waals surface area contributed by atoms with Crippen LogP contribution in [0.1, 0.15) is 41.0 Å². The summed E-state index contributed by atoms with van der Waals surface area (Å²) in [6.45, 7) is 4.17. The van der Waals surface area contributed by atoms with E-state index in [1.165, 1.54) is 6.92 Å². The molecule has 1 N–H and O–H groups in total. The van der Waals surface area contributed by atoms with E-state index in [2.05, 4.69) is 21.2 Å². The maximum absolute atomic E-state index is 12.3. The van der Waals surface area contributed by atoms with E-state index in [1.54, 1.807) is 42.5 Å². The lowest BCUT2D eigenvalue weighted by Crippen LogP contribution is -2.12. The van der Waals surface area contributed by atoms with E-state index < -0.39 is 0 Å².